The molecule has 6 rings (SSSR count). The van der Waals surface area contributed by atoms with Crippen LogP contribution in [0.2, 0.25) is 0 Å². The van der Waals surface area contributed by atoms with Crippen molar-refractivity contribution in [2.24, 2.45) is 16.8 Å². The number of rotatable bonds is 11. The molecule has 232 valence electrons. The summed E-state index contributed by atoms with van der Waals surface area (Å²) in [6.45, 7) is 7.76. The van der Waals surface area contributed by atoms with E-state index in [1.807, 2.05) is 24.4 Å². The van der Waals surface area contributed by atoms with E-state index in [2.05, 4.69) is 57.8 Å². The van der Waals surface area contributed by atoms with Gasteiger partial charge in [-0.3, -0.25) is 14.7 Å². The van der Waals surface area contributed by atoms with Gasteiger partial charge < -0.3 is 29.1 Å². The molecule has 0 saturated carbocycles. The number of methoxy groups -OCH3 is 1. The Balaban J connectivity index is 1.21. The number of likely N-dealkylation sites (tertiary alicyclic amines) is 1. The second-order valence-electron chi connectivity index (χ2n) is 12.7. The van der Waals surface area contributed by atoms with E-state index in [9.17, 15) is 9.90 Å². The third-order valence-electron chi connectivity index (χ3n) is 9.91. The molecule has 2 fully saturated rings. The molecular formula is C34H46N4O5. The number of hydrogen-bond acceptors (Lipinski definition) is 8. The summed E-state index contributed by atoms with van der Waals surface area (Å²) >= 11 is 0. The Hall–Kier alpha value is -3.30. The van der Waals surface area contributed by atoms with Gasteiger partial charge in [-0.15, -0.1) is 0 Å². The first-order valence-electron chi connectivity index (χ1n) is 15.9. The van der Waals surface area contributed by atoms with Crippen LogP contribution >= 0.6 is 0 Å². The van der Waals surface area contributed by atoms with Crippen molar-refractivity contribution in [3.63, 3.8) is 0 Å². The number of amides is 1. The van der Waals surface area contributed by atoms with Crippen LogP contribution in [0.1, 0.15) is 51.5 Å². The Morgan fingerprint density at radius 3 is 2.91 bits per heavy atom. The zero-order valence-electron chi connectivity index (χ0n) is 25.8. The van der Waals surface area contributed by atoms with E-state index in [1.165, 1.54) is 5.56 Å². The summed E-state index contributed by atoms with van der Waals surface area (Å²) in [4.78, 5) is 25.2. The molecule has 1 N–H and O–H groups in total. The molecule has 43 heavy (non-hydrogen) atoms. The number of nitrogens with zero attached hydrogens (tertiary/aromatic N) is 4. The molecule has 0 radical (unpaired) electrons. The van der Waals surface area contributed by atoms with Gasteiger partial charge >= 0.3 is 0 Å². The summed E-state index contributed by atoms with van der Waals surface area (Å²) in [7, 11) is 1.70. The number of hydrogen-bond donors (Lipinski definition) is 1. The Morgan fingerprint density at radius 2 is 2.12 bits per heavy atom. The fourth-order valence-electron chi connectivity index (χ4n) is 7.50. The number of para-hydroxylation sites is 1. The van der Waals surface area contributed by atoms with Crippen LogP contribution in [-0.2, 0) is 25.4 Å². The molecule has 1 amide bonds. The molecule has 2 saturated heterocycles. The molecule has 3 unspecified atom stereocenters. The molecule has 9 nitrogen and oxygen atoms in total. The minimum Gasteiger partial charge on any atom is -0.497 e. The molecule has 5 aliphatic rings. The lowest BCUT2D eigenvalue weighted by atomic mass is 9.83. The number of aliphatic imine (C=N–C) groups is 1. The number of anilines is 1. The van der Waals surface area contributed by atoms with Crippen LogP contribution in [0, 0.1) is 11.8 Å². The van der Waals surface area contributed by atoms with Crippen LogP contribution in [0.15, 0.2) is 64.8 Å². The lowest BCUT2D eigenvalue weighted by Gasteiger charge is -2.40. The van der Waals surface area contributed by atoms with Crippen molar-refractivity contribution in [2.45, 2.75) is 70.2 Å². The van der Waals surface area contributed by atoms with E-state index in [-0.39, 0.29) is 24.7 Å². The number of ether oxygens (including phenoxy) is 3. The van der Waals surface area contributed by atoms with Gasteiger partial charge in [-0.2, -0.15) is 0 Å². The normalized spacial score (nSPS) is 29.7. The molecule has 1 aliphatic carbocycles. The van der Waals surface area contributed by atoms with E-state index in [4.69, 9.17) is 14.2 Å². The number of aliphatic hydroxyl groups excluding tert-OH is 1. The van der Waals surface area contributed by atoms with Crippen LogP contribution in [0.3, 0.4) is 0 Å². The van der Waals surface area contributed by atoms with Crippen molar-refractivity contribution in [3.05, 3.63) is 65.3 Å². The van der Waals surface area contributed by atoms with E-state index >= 15 is 0 Å². The van der Waals surface area contributed by atoms with E-state index in [0.29, 0.717) is 25.4 Å². The Kier molecular flexibility index (Phi) is 8.82. The predicted octanol–water partition coefficient (Wildman–Crippen LogP) is 4.24. The highest BCUT2D eigenvalue weighted by atomic mass is 16.7. The first kappa shape index (κ1) is 29.8. The Morgan fingerprint density at radius 1 is 1.26 bits per heavy atom. The number of carbonyl (C=O) groups is 1. The number of fused-ring (bicyclic) bond motifs is 2. The summed E-state index contributed by atoms with van der Waals surface area (Å²) in [5.74, 6) is 3.08. The third kappa shape index (κ3) is 6.07. The zero-order valence-corrected chi connectivity index (χ0v) is 25.8. The average Bonchev–Trinajstić information content (AvgIpc) is 3.72. The molecule has 9 heteroatoms. The molecule has 4 heterocycles. The van der Waals surface area contributed by atoms with Gasteiger partial charge in [-0.05, 0) is 61.8 Å². The molecule has 0 aromatic heterocycles. The minimum atomic E-state index is -0.511. The lowest BCUT2D eigenvalue weighted by Crippen LogP contribution is -2.55. The average molecular weight is 591 g/mol. The van der Waals surface area contributed by atoms with Crippen molar-refractivity contribution < 1.29 is 24.1 Å². The fraction of sp³-hybridized carbons (Fsp3) is 0.588. The van der Waals surface area contributed by atoms with Crippen molar-refractivity contribution in [3.8, 4) is 0 Å². The highest BCUT2D eigenvalue weighted by molar-refractivity contribution is 5.81. The number of allylic oxidation sites excluding steroid dienone is 3. The SMILES string of the molecule is CCCCN(C(=O)CN1C[C@H](C2C=C3OCOC3=C(OC)C2)C[C@@H]1CCN1c2ccccc2CC1O)C1(C)C=CC=NC1. The maximum absolute atomic E-state index is 14.1. The van der Waals surface area contributed by atoms with Crippen LogP contribution in [0.5, 0.6) is 0 Å². The molecule has 0 spiro atoms. The van der Waals surface area contributed by atoms with Crippen molar-refractivity contribution >= 4 is 17.8 Å². The van der Waals surface area contributed by atoms with Gasteiger partial charge in [-0.25, -0.2) is 0 Å². The molecule has 4 aliphatic heterocycles. The summed E-state index contributed by atoms with van der Waals surface area (Å²) in [6.07, 6.45) is 12.8. The van der Waals surface area contributed by atoms with E-state index in [1.54, 1.807) is 7.11 Å². The molecule has 1 aromatic rings. The monoisotopic (exact) mass is 590 g/mol. The maximum atomic E-state index is 14.1. The lowest BCUT2D eigenvalue weighted by molar-refractivity contribution is -0.136. The van der Waals surface area contributed by atoms with Gasteiger partial charge in [0.2, 0.25) is 18.5 Å². The summed E-state index contributed by atoms with van der Waals surface area (Å²) < 4.78 is 17.2. The second kappa shape index (κ2) is 12.7. The van der Waals surface area contributed by atoms with Crippen molar-refractivity contribution in [1.82, 2.24) is 9.80 Å². The first-order valence-corrected chi connectivity index (χ1v) is 15.9. The predicted molar refractivity (Wildman–Crippen MR) is 166 cm³/mol. The number of unbranched alkanes of at least 4 members (excludes halogenated alkanes) is 1. The number of carbonyl (C=O) groups excluding carboxylic acids is 1. The maximum Gasteiger partial charge on any atom is 0.237 e. The van der Waals surface area contributed by atoms with Gasteiger partial charge in [0, 0.05) is 50.4 Å². The largest absolute Gasteiger partial charge is 0.497 e. The number of dihydropyridines is 1. The summed E-state index contributed by atoms with van der Waals surface area (Å²) in [5.41, 5.74) is 1.89. The van der Waals surface area contributed by atoms with Crippen molar-refractivity contribution in [1.29, 1.82) is 0 Å². The van der Waals surface area contributed by atoms with Gasteiger partial charge in [0.15, 0.2) is 5.76 Å². The Bertz CT molecular complexity index is 1310. The molecule has 5 atom stereocenters. The quantitative estimate of drug-likeness (QED) is 0.413. The highest BCUT2D eigenvalue weighted by Crippen LogP contribution is 2.42. The standard InChI is InChI=1S/C34H46N4O5/c1-4-5-14-38(34(2)12-8-13-35-22-34)32(40)21-36-20-26(25-17-29(41-3)33-30(18-25)42-23-43-33)16-27(36)11-15-37-28-10-7-6-9-24(28)19-31(37)39/h6-10,12-13,18,25-27,31,39H,4-5,11,14-17,19-23H2,1-3H3/t25?,26-,27+,31?,34?/m1/s1. The first-order chi connectivity index (χ1) is 20.9. The van der Waals surface area contributed by atoms with Crippen LogP contribution in [-0.4, -0.2) is 91.5 Å². The van der Waals surface area contributed by atoms with Gasteiger partial charge in [-0.1, -0.05) is 37.6 Å². The third-order valence-corrected chi connectivity index (χ3v) is 9.91. The second-order valence-corrected chi connectivity index (χ2v) is 12.7. The number of benzene rings is 1. The topological polar surface area (TPSA) is 87.1 Å². The zero-order chi connectivity index (χ0) is 30.0. The highest BCUT2D eigenvalue weighted by Gasteiger charge is 2.42. The molecule has 0 bridgehead atoms. The summed E-state index contributed by atoms with van der Waals surface area (Å²) in [5, 5.41) is 10.9. The van der Waals surface area contributed by atoms with E-state index in [0.717, 1.165) is 74.7 Å². The summed E-state index contributed by atoms with van der Waals surface area (Å²) in [6, 6.07) is 8.49. The number of aliphatic hydroxyl groups is 1. The van der Waals surface area contributed by atoms with E-state index < -0.39 is 11.8 Å². The van der Waals surface area contributed by atoms with Crippen LogP contribution in [0.25, 0.3) is 0 Å². The van der Waals surface area contributed by atoms with Gasteiger partial charge in [0.1, 0.15) is 12.0 Å². The van der Waals surface area contributed by atoms with Crippen LogP contribution in [0.4, 0.5) is 5.69 Å². The molecule has 1 aromatic carbocycles. The van der Waals surface area contributed by atoms with Gasteiger partial charge in [0.05, 0.1) is 25.7 Å². The van der Waals surface area contributed by atoms with Crippen LogP contribution < -0.4 is 4.90 Å². The van der Waals surface area contributed by atoms with Crippen molar-refractivity contribution in [2.75, 3.05) is 51.5 Å². The Labute approximate surface area is 255 Å². The minimum absolute atomic E-state index is 0.157. The van der Waals surface area contributed by atoms with Gasteiger partial charge in [0.25, 0.3) is 0 Å². The smallest absolute Gasteiger partial charge is 0.237 e. The molecular weight excluding hydrogens is 544 g/mol. The fourth-order valence-corrected chi connectivity index (χ4v) is 7.50.